The number of anilines is 1. The average Bonchev–Trinajstić information content (AvgIpc) is 2.33. The van der Waals surface area contributed by atoms with Gasteiger partial charge in [0.05, 0.1) is 5.69 Å². The minimum Gasteiger partial charge on any atom is -0.289 e. The van der Waals surface area contributed by atoms with Gasteiger partial charge in [0.15, 0.2) is 5.78 Å². The molecule has 1 aromatic rings. The molecule has 0 bridgehead atoms. The molecule has 1 aromatic carbocycles. The monoisotopic (exact) mass is 291 g/mol. The Morgan fingerprint density at radius 3 is 2.41 bits per heavy atom. The Morgan fingerprint density at radius 2 is 1.76 bits per heavy atom. The van der Waals surface area contributed by atoms with Crippen LogP contribution in [0, 0.1) is 0 Å². The second kappa shape index (κ2) is 5.12. The fraction of sp³-hybridized carbons (Fsp3) is 0. The lowest BCUT2D eigenvalue weighted by molar-refractivity contribution is -0.111. The SMILES string of the molecule is O=C1C=CC=C/C1=C/N(O)c1ccc(Br)cc1. The number of carbonyl (C=O) groups is 1. The molecule has 0 aromatic heterocycles. The molecule has 0 spiro atoms. The van der Waals surface area contributed by atoms with Gasteiger partial charge in [0.25, 0.3) is 0 Å². The lowest BCUT2D eigenvalue weighted by atomic mass is 10.1. The third-order valence-electron chi connectivity index (χ3n) is 2.27. The van der Waals surface area contributed by atoms with E-state index in [0.717, 1.165) is 9.54 Å². The molecular weight excluding hydrogens is 282 g/mol. The molecule has 17 heavy (non-hydrogen) atoms. The van der Waals surface area contributed by atoms with Gasteiger partial charge in [-0.15, -0.1) is 0 Å². The zero-order valence-electron chi connectivity index (χ0n) is 8.88. The molecule has 0 unspecified atom stereocenters. The van der Waals surface area contributed by atoms with Crippen molar-refractivity contribution < 1.29 is 10.0 Å². The molecule has 0 radical (unpaired) electrons. The maximum atomic E-state index is 11.5. The summed E-state index contributed by atoms with van der Waals surface area (Å²) in [4.78, 5) is 11.5. The van der Waals surface area contributed by atoms with E-state index in [2.05, 4.69) is 15.9 Å². The molecule has 4 heteroatoms. The molecule has 3 nitrogen and oxygen atoms in total. The van der Waals surface area contributed by atoms with Crippen molar-refractivity contribution in [3.63, 3.8) is 0 Å². The standard InChI is InChI=1S/C13H10BrNO2/c14-11-5-7-12(8-6-11)15(17)9-10-3-1-2-4-13(10)16/h1-9,17H/b10-9-. The number of rotatable bonds is 2. The van der Waals surface area contributed by atoms with E-state index in [1.54, 1.807) is 30.4 Å². The van der Waals surface area contributed by atoms with Crippen LogP contribution in [0.15, 0.2) is 64.8 Å². The predicted molar refractivity (Wildman–Crippen MR) is 69.8 cm³/mol. The van der Waals surface area contributed by atoms with Crippen LogP contribution >= 0.6 is 15.9 Å². The van der Waals surface area contributed by atoms with Gasteiger partial charge in [0.1, 0.15) is 0 Å². The van der Waals surface area contributed by atoms with Crippen molar-refractivity contribution in [1.29, 1.82) is 0 Å². The summed E-state index contributed by atoms with van der Waals surface area (Å²) in [6, 6.07) is 7.12. The highest BCUT2D eigenvalue weighted by Gasteiger charge is 2.08. The Kier molecular flexibility index (Phi) is 3.56. The van der Waals surface area contributed by atoms with Crippen molar-refractivity contribution in [2.75, 3.05) is 5.06 Å². The number of nitrogens with zero attached hydrogens (tertiary/aromatic N) is 1. The van der Waals surface area contributed by atoms with E-state index in [1.807, 2.05) is 12.1 Å². The minimum atomic E-state index is -0.122. The van der Waals surface area contributed by atoms with Gasteiger partial charge < -0.3 is 0 Å². The Hall–Kier alpha value is -1.65. The summed E-state index contributed by atoms with van der Waals surface area (Å²) >= 11 is 3.31. The molecule has 1 N–H and O–H groups in total. The number of halogens is 1. The maximum Gasteiger partial charge on any atom is 0.187 e. The first kappa shape index (κ1) is 11.8. The molecular formula is C13H10BrNO2. The maximum absolute atomic E-state index is 11.5. The van der Waals surface area contributed by atoms with Gasteiger partial charge >= 0.3 is 0 Å². The Labute approximate surface area is 107 Å². The highest BCUT2D eigenvalue weighted by atomic mass is 79.9. The number of hydrogen-bond donors (Lipinski definition) is 1. The zero-order chi connectivity index (χ0) is 12.3. The molecule has 0 fully saturated rings. The summed E-state index contributed by atoms with van der Waals surface area (Å²) < 4.78 is 0.930. The van der Waals surface area contributed by atoms with Crippen LogP contribution in [-0.4, -0.2) is 11.0 Å². The molecule has 0 heterocycles. The number of hydrogen-bond acceptors (Lipinski definition) is 3. The van der Waals surface area contributed by atoms with Crippen LogP contribution in [0.3, 0.4) is 0 Å². The van der Waals surface area contributed by atoms with Gasteiger partial charge in [-0.05, 0) is 36.4 Å². The highest BCUT2D eigenvalue weighted by Crippen LogP contribution is 2.18. The van der Waals surface area contributed by atoms with Crippen molar-refractivity contribution in [2.24, 2.45) is 0 Å². The number of hydroxylamine groups is 1. The van der Waals surface area contributed by atoms with Gasteiger partial charge in [-0.25, -0.2) is 5.06 Å². The van der Waals surface area contributed by atoms with E-state index in [1.165, 1.54) is 12.3 Å². The van der Waals surface area contributed by atoms with E-state index < -0.39 is 0 Å². The first-order chi connectivity index (χ1) is 8.16. The molecule has 1 aliphatic carbocycles. The summed E-state index contributed by atoms with van der Waals surface area (Å²) in [7, 11) is 0. The Morgan fingerprint density at radius 1 is 1.12 bits per heavy atom. The third-order valence-corrected chi connectivity index (χ3v) is 2.80. The highest BCUT2D eigenvalue weighted by molar-refractivity contribution is 9.10. The van der Waals surface area contributed by atoms with Crippen molar-refractivity contribution in [2.45, 2.75) is 0 Å². The lowest BCUT2D eigenvalue weighted by Crippen LogP contribution is -2.12. The van der Waals surface area contributed by atoms with E-state index in [9.17, 15) is 10.0 Å². The number of allylic oxidation sites excluding steroid dienone is 5. The molecule has 1 aliphatic rings. The fourth-order valence-electron chi connectivity index (χ4n) is 1.39. The van der Waals surface area contributed by atoms with Crippen LogP contribution in [-0.2, 0) is 4.79 Å². The first-order valence-electron chi connectivity index (χ1n) is 5.01. The van der Waals surface area contributed by atoms with Crippen LogP contribution in [0.5, 0.6) is 0 Å². The molecule has 0 amide bonds. The second-order valence-electron chi connectivity index (χ2n) is 3.49. The van der Waals surface area contributed by atoms with Gasteiger partial charge in [-0.1, -0.05) is 28.1 Å². The van der Waals surface area contributed by atoms with Crippen molar-refractivity contribution in [3.8, 4) is 0 Å². The Balaban J connectivity index is 2.21. The van der Waals surface area contributed by atoms with Crippen LogP contribution < -0.4 is 5.06 Å². The minimum absolute atomic E-state index is 0.122. The van der Waals surface area contributed by atoms with Crippen LogP contribution in [0.1, 0.15) is 0 Å². The van der Waals surface area contributed by atoms with E-state index in [0.29, 0.717) is 11.3 Å². The van der Waals surface area contributed by atoms with Gasteiger partial charge in [0.2, 0.25) is 0 Å². The molecule has 0 aliphatic heterocycles. The van der Waals surface area contributed by atoms with Crippen LogP contribution in [0.25, 0.3) is 0 Å². The normalized spacial score (nSPS) is 16.6. The third kappa shape index (κ3) is 2.93. The summed E-state index contributed by atoms with van der Waals surface area (Å²) in [6.07, 6.45) is 7.93. The van der Waals surface area contributed by atoms with Crippen LogP contribution in [0.4, 0.5) is 5.69 Å². The lowest BCUT2D eigenvalue weighted by Gasteiger charge is -2.13. The summed E-state index contributed by atoms with van der Waals surface area (Å²) in [5.41, 5.74) is 1.04. The molecule has 0 atom stereocenters. The molecule has 0 saturated heterocycles. The average molecular weight is 292 g/mol. The number of ketones is 1. The molecule has 86 valence electrons. The Bertz CT molecular complexity index is 515. The largest absolute Gasteiger partial charge is 0.289 e. The van der Waals surface area contributed by atoms with Crippen molar-refractivity contribution >= 4 is 27.4 Å². The van der Waals surface area contributed by atoms with E-state index in [4.69, 9.17) is 0 Å². The summed E-state index contributed by atoms with van der Waals surface area (Å²) in [6.45, 7) is 0. The van der Waals surface area contributed by atoms with E-state index >= 15 is 0 Å². The van der Waals surface area contributed by atoms with Crippen LogP contribution in [0.2, 0.25) is 0 Å². The molecule has 2 rings (SSSR count). The van der Waals surface area contributed by atoms with Crippen molar-refractivity contribution in [3.05, 3.63) is 64.8 Å². The fourth-order valence-corrected chi connectivity index (χ4v) is 1.65. The number of carbonyl (C=O) groups excluding carboxylic acids is 1. The van der Waals surface area contributed by atoms with Gasteiger partial charge in [-0.3, -0.25) is 10.0 Å². The van der Waals surface area contributed by atoms with Gasteiger partial charge in [-0.2, -0.15) is 0 Å². The predicted octanol–water partition coefficient (Wildman–Crippen LogP) is 3.22. The number of benzene rings is 1. The van der Waals surface area contributed by atoms with Crippen molar-refractivity contribution in [1.82, 2.24) is 0 Å². The van der Waals surface area contributed by atoms with Gasteiger partial charge in [0, 0.05) is 16.2 Å². The molecule has 0 saturated carbocycles. The quantitative estimate of drug-likeness (QED) is 0.672. The summed E-state index contributed by atoms with van der Waals surface area (Å²) in [5, 5.41) is 10.7. The van der Waals surface area contributed by atoms with E-state index in [-0.39, 0.29) is 5.78 Å². The zero-order valence-corrected chi connectivity index (χ0v) is 10.5. The second-order valence-corrected chi connectivity index (χ2v) is 4.40. The first-order valence-corrected chi connectivity index (χ1v) is 5.81. The topological polar surface area (TPSA) is 40.5 Å². The summed E-state index contributed by atoms with van der Waals surface area (Å²) in [5.74, 6) is -0.122. The smallest absolute Gasteiger partial charge is 0.187 e.